The molecular formula is C21H24FN5O2. The van der Waals surface area contributed by atoms with Gasteiger partial charge < -0.3 is 10.6 Å². The van der Waals surface area contributed by atoms with Crippen molar-refractivity contribution in [1.29, 1.82) is 5.26 Å². The second-order valence-corrected chi connectivity index (χ2v) is 7.42. The van der Waals surface area contributed by atoms with Crippen LogP contribution in [0.2, 0.25) is 0 Å². The van der Waals surface area contributed by atoms with Crippen molar-refractivity contribution in [3.05, 3.63) is 46.9 Å². The predicted octanol–water partition coefficient (Wildman–Crippen LogP) is 2.25. The minimum atomic E-state index is -0.368. The lowest BCUT2D eigenvalue weighted by Crippen LogP contribution is -2.39. The third kappa shape index (κ3) is 4.81. The van der Waals surface area contributed by atoms with Crippen LogP contribution in [0, 0.1) is 31.0 Å². The Balaban J connectivity index is 1.77. The number of rotatable bonds is 7. The molecule has 1 aromatic heterocycles. The van der Waals surface area contributed by atoms with Crippen molar-refractivity contribution in [3.8, 4) is 11.8 Å². The van der Waals surface area contributed by atoms with Gasteiger partial charge in [0.1, 0.15) is 17.7 Å². The van der Waals surface area contributed by atoms with Gasteiger partial charge in [-0.3, -0.25) is 19.1 Å². The summed E-state index contributed by atoms with van der Waals surface area (Å²) in [7, 11) is 1.69. The zero-order valence-electron chi connectivity index (χ0n) is 16.8. The first-order valence-electron chi connectivity index (χ1n) is 9.45. The van der Waals surface area contributed by atoms with Crippen molar-refractivity contribution >= 4 is 17.6 Å². The molecule has 152 valence electrons. The lowest BCUT2D eigenvalue weighted by Gasteiger charge is -2.17. The average Bonchev–Trinajstić information content (AvgIpc) is 3.43. The van der Waals surface area contributed by atoms with E-state index in [-0.39, 0.29) is 36.8 Å². The molecule has 7 nitrogen and oxygen atoms in total. The summed E-state index contributed by atoms with van der Waals surface area (Å²) >= 11 is 0. The van der Waals surface area contributed by atoms with Gasteiger partial charge in [0.2, 0.25) is 11.8 Å². The number of anilines is 1. The molecule has 1 aliphatic rings. The number of hydrogen-bond donors (Lipinski definition) is 2. The fourth-order valence-corrected chi connectivity index (χ4v) is 3.19. The van der Waals surface area contributed by atoms with E-state index in [0.717, 1.165) is 24.1 Å². The molecule has 1 heterocycles. The summed E-state index contributed by atoms with van der Waals surface area (Å²) in [6, 6.07) is 8.24. The van der Waals surface area contributed by atoms with Crippen molar-refractivity contribution in [3.63, 3.8) is 0 Å². The average molecular weight is 397 g/mol. The van der Waals surface area contributed by atoms with Gasteiger partial charge >= 0.3 is 0 Å². The van der Waals surface area contributed by atoms with Crippen LogP contribution < -0.4 is 10.6 Å². The SMILES string of the molecule is Cc1c(C#N)c(NC(=O)CN(C)CC(=O)NC2CC2)n(-c2ccc(F)cc2)c1C. The van der Waals surface area contributed by atoms with E-state index in [1.54, 1.807) is 35.6 Å². The van der Waals surface area contributed by atoms with Crippen molar-refractivity contribution in [2.45, 2.75) is 32.7 Å². The number of carbonyl (C=O) groups excluding carboxylic acids is 2. The molecule has 0 unspecified atom stereocenters. The first kappa shape index (κ1) is 20.6. The Morgan fingerprint density at radius 2 is 1.83 bits per heavy atom. The fourth-order valence-electron chi connectivity index (χ4n) is 3.19. The monoisotopic (exact) mass is 397 g/mol. The highest BCUT2D eigenvalue weighted by Crippen LogP contribution is 2.30. The van der Waals surface area contributed by atoms with E-state index in [1.807, 2.05) is 6.92 Å². The van der Waals surface area contributed by atoms with Gasteiger partial charge in [-0.25, -0.2) is 4.39 Å². The number of benzene rings is 1. The van der Waals surface area contributed by atoms with E-state index in [4.69, 9.17) is 0 Å². The topological polar surface area (TPSA) is 90.2 Å². The van der Waals surface area contributed by atoms with Crippen LogP contribution in [0.4, 0.5) is 10.2 Å². The minimum absolute atomic E-state index is 0.00432. The van der Waals surface area contributed by atoms with Crippen LogP contribution in [0.3, 0.4) is 0 Å². The number of likely N-dealkylation sites (N-methyl/N-ethyl adjacent to an activating group) is 1. The third-order valence-corrected chi connectivity index (χ3v) is 4.94. The molecule has 1 saturated carbocycles. The van der Waals surface area contributed by atoms with E-state index < -0.39 is 0 Å². The summed E-state index contributed by atoms with van der Waals surface area (Å²) < 4.78 is 15.1. The highest BCUT2D eigenvalue weighted by atomic mass is 19.1. The summed E-state index contributed by atoms with van der Waals surface area (Å²) in [5.74, 6) is -0.478. The predicted molar refractivity (Wildman–Crippen MR) is 107 cm³/mol. The normalized spacial score (nSPS) is 13.2. The number of nitrogens with zero attached hydrogens (tertiary/aromatic N) is 3. The molecule has 0 spiro atoms. The minimum Gasteiger partial charge on any atom is -0.352 e. The van der Waals surface area contributed by atoms with Crippen LogP contribution in [0.1, 0.15) is 29.7 Å². The second kappa shape index (κ2) is 8.45. The van der Waals surface area contributed by atoms with Crippen molar-refractivity contribution < 1.29 is 14.0 Å². The smallest absolute Gasteiger partial charge is 0.239 e. The van der Waals surface area contributed by atoms with E-state index >= 15 is 0 Å². The lowest BCUT2D eigenvalue weighted by atomic mass is 10.2. The number of amides is 2. The number of nitriles is 1. The van der Waals surface area contributed by atoms with E-state index in [1.165, 1.54) is 12.1 Å². The van der Waals surface area contributed by atoms with Gasteiger partial charge in [-0.2, -0.15) is 5.26 Å². The first-order valence-corrected chi connectivity index (χ1v) is 9.45. The Bertz CT molecular complexity index is 970. The fraction of sp³-hybridized carbons (Fsp3) is 0.381. The first-order chi connectivity index (χ1) is 13.8. The molecule has 0 saturated heterocycles. The van der Waals surface area contributed by atoms with Crippen LogP contribution in [-0.2, 0) is 9.59 Å². The quantitative estimate of drug-likeness (QED) is 0.750. The molecule has 8 heteroatoms. The third-order valence-electron chi connectivity index (χ3n) is 4.94. The maximum atomic E-state index is 13.3. The van der Waals surface area contributed by atoms with Crippen LogP contribution in [0.5, 0.6) is 0 Å². The van der Waals surface area contributed by atoms with E-state index in [0.29, 0.717) is 17.1 Å². The Hall–Kier alpha value is -3.18. The second-order valence-electron chi connectivity index (χ2n) is 7.42. The van der Waals surface area contributed by atoms with Crippen molar-refractivity contribution in [1.82, 2.24) is 14.8 Å². The van der Waals surface area contributed by atoms with E-state index in [9.17, 15) is 19.2 Å². The van der Waals surface area contributed by atoms with Crippen LogP contribution in [-0.4, -0.2) is 47.5 Å². The number of aromatic nitrogens is 1. The van der Waals surface area contributed by atoms with Gasteiger partial charge in [-0.1, -0.05) is 0 Å². The van der Waals surface area contributed by atoms with E-state index in [2.05, 4.69) is 16.7 Å². The number of nitrogens with one attached hydrogen (secondary N) is 2. The molecule has 0 atom stereocenters. The molecule has 29 heavy (non-hydrogen) atoms. The molecule has 1 fully saturated rings. The maximum absolute atomic E-state index is 13.3. The molecule has 1 aromatic carbocycles. The summed E-state index contributed by atoms with van der Waals surface area (Å²) in [5, 5.41) is 15.3. The number of carbonyl (C=O) groups is 2. The van der Waals surface area contributed by atoms with Gasteiger partial charge in [0.25, 0.3) is 0 Å². The summed E-state index contributed by atoms with van der Waals surface area (Å²) in [6.07, 6.45) is 2.01. The summed E-state index contributed by atoms with van der Waals surface area (Å²) in [6.45, 7) is 3.75. The van der Waals surface area contributed by atoms with Gasteiger partial charge in [0.05, 0.1) is 18.7 Å². The van der Waals surface area contributed by atoms with Crippen LogP contribution in [0.25, 0.3) is 5.69 Å². The zero-order chi connectivity index (χ0) is 21.1. The standard InChI is InChI=1S/C21H24FN5O2/c1-13-14(2)27(17-8-4-15(22)5-9-17)21(18(13)10-23)25-20(29)12-26(3)11-19(28)24-16-6-7-16/h4-5,8-9,16H,6-7,11-12H2,1-3H3,(H,24,28)(H,25,29). The molecule has 0 bridgehead atoms. The Kier molecular flexibility index (Phi) is 5.99. The number of hydrogen-bond acceptors (Lipinski definition) is 4. The maximum Gasteiger partial charge on any atom is 0.239 e. The van der Waals surface area contributed by atoms with Gasteiger partial charge in [-0.15, -0.1) is 0 Å². The van der Waals surface area contributed by atoms with Crippen LogP contribution >= 0.6 is 0 Å². The molecule has 2 aromatic rings. The van der Waals surface area contributed by atoms with Gasteiger partial charge in [0.15, 0.2) is 0 Å². The molecule has 2 amide bonds. The van der Waals surface area contributed by atoms with Gasteiger partial charge in [-0.05, 0) is 63.6 Å². The lowest BCUT2D eigenvalue weighted by molar-refractivity contribution is -0.123. The molecule has 0 radical (unpaired) electrons. The highest BCUT2D eigenvalue weighted by Gasteiger charge is 2.24. The van der Waals surface area contributed by atoms with Gasteiger partial charge in [0, 0.05) is 17.4 Å². The number of halogens is 1. The largest absolute Gasteiger partial charge is 0.352 e. The molecule has 2 N–H and O–H groups in total. The molecule has 0 aliphatic heterocycles. The Morgan fingerprint density at radius 1 is 1.21 bits per heavy atom. The van der Waals surface area contributed by atoms with Crippen LogP contribution in [0.15, 0.2) is 24.3 Å². The summed E-state index contributed by atoms with van der Waals surface area (Å²) in [4.78, 5) is 26.1. The van der Waals surface area contributed by atoms with Crippen molar-refractivity contribution in [2.75, 3.05) is 25.5 Å². The Labute approximate surface area is 169 Å². The molecular weight excluding hydrogens is 373 g/mol. The molecule has 1 aliphatic carbocycles. The highest BCUT2D eigenvalue weighted by molar-refractivity contribution is 5.94. The van der Waals surface area contributed by atoms with Crippen molar-refractivity contribution in [2.24, 2.45) is 0 Å². The molecule has 3 rings (SSSR count). The Morgan fingerprint density at radius 3 is 2.41 bits per heavy atom. The zero-order valence-corrected chi connectivity index (χ0v) is 16.8. The summed E-state index contributed by atoms with van der Waals surface area (Å²) in [5.41, 5.74) is 2.51.